The minimum Gasteiger partial charge on any atom is -0.464 e. The number of hydrogen-bond donors (Lipinski definition) is 2. The molecular weight excluding hydrogens is 464 g/mol. The third kappa shape index (κ3) is 5.14. The Morgan fingerprint density at radius 1 is 1.19 bits per heavy atom. The smallest absolute Gasteiger partial charge is 0.416 e. The fraction of sp³-hybridized carbons (Fsp3) is 0.591. The van der Waals surface area contributed by atoms with Gasteiger partial charge < -0.3 is 20.1 Å². The van der Waals surface area contributed by atoms with Gasteiger partial charge in [-0.25, -0.2) is 19.1 Å². The molecule has 0 aliphatic carbocycles. The first-order valence-electron chi connectivity index (χ1n) is 10.5. The van der Waals surface area contributed by atoms with E-state index in [0.29, 0.717) is 11.2 Å². The standard InChI is InChI=1S/C22H31BrN4O4/c1-21(2,3)18-17(23)14-11-16(24-12-15(14)27(18)20(29)30)26-9-7-13(8-10-26)25-19(28)31-22(4,5)6/h11-13H,7-10H2,1-6H3,(H,25,28)(H,29,30). The first kappa shape index (κ1) is 23.4. The molecule has 0 atom stereocenters. The zero-order valence-electron chi connectivity index (χ0n) is 19.0. The van der Waals surface area contributed by atoms with Crippen LogP contribution < -0.4 is 10.2 Å². The maximum Gasteiger partial charge on any atom is 0.416 e. The Bertz CT molecular complexity index is 996. The number of nitrogens with zero attached hydrogens (tertiary/aromatic N) is 3. The van der Waals surface area contributed by atoms with Crippen LogP contribution in [0.3, 0.4) is 0 Å². The van der Waals surface area contributed by atoms with Gasteiger partial charge in [-0.15, -0.1) is 0 Å². The number of halogens is 1. The van der Waals surface area contributed by atoms with Crippen molar-refractivity contribution in [2.45, 2.75) is 71.4 Å². The Hall–Kier alpha value is -2.29. The third-order valence-electron chi connectivity index (χ3n) is 5.22. The first-order valence-corrected chi connectivity index (χ1v) is 11.3. The number of ether oxygens (including phenoxy) is 1. The largest absolute Gasteiger partial charge is 0.464 e. The molecule has 2 aromatic rings. The van der Waals surface area contributed by atoms with Gasteiger partial charge in [0.2, 0.25) is 0 Å². The number of amides is 1. The fourth-order valence-electron chi connectivity index (χ4n) is 3.90. The van der Waals surface area contributed by atoms with Crippen LogP contribution in [0.25, 0.3) is 10.9 Å². The van der Waals surface area contributed by atoms with E-state index in [1.54, 1.807) is 6.20 Å². The Kier molecular flexibility index (Phi) is 6.28. The monoisotopic (exact) mass is 494 g/mol. The molecule has 0 unspecified atom stereocenters. The fourth-order valence-corrected chi connectivity index (χ4v) is 4.99. The molecule has 31 heavy (non-hydrogen) atoms. The van der Waals surface area contributed by atoms with Gasteiger partial charge in [0, 0.05) is 40.1 Å². The number of nitrogens with one attached hydrogen (secondary N) is 1. The zero-order chi connectivity index (χ0) is 23.1. The summed E-state index contributed by atoms with van der Waals surface area (Å²) in [7, 11) is 0. The van der Waals surface area contributed by atoms with Crippen molar-refractivity contribution in [1.82, 2.24) is 14.9 Å². The maximum absolute atomic E-state index is 12.0. The lowest BCUT2D eigenvalue weighted by Gasteiger charge is -2.33. The highest BCUT2D eigenvalue weighted by molar-refractivity contribution is 9.10. The number of hydrogen-bond acceptors (Lipinski definition) is 5. The quantitative estimate of drug-likeness (QED) is 0.601. The number of alkyl carbamates (subject to hydrolysis) is 1. The van der Waals surface area contributed by atoms with E-state index >= 15 is 0 Å². The Morgan fingerprint density at radius 2 is 1.81 bits per heavy atom. The molecule has 1 saturated heterocycles. The van der Waals surface area contributed by atoms with Gasteiger partial charge >= 0.3 is 12.2 Å². The molecule has 3 rings (SSSR count). The molecule has 1 aliphatic heterocycles. The van der Waals surface area contributed by atoms with Crippen LogP contribution in [-0.4, -0.2) is 51.6 Å². The number of carboxylic acid groups (broad SMARTS) is 1. The number of anilines is 1. The molecule has 0 spiro atoms. The minimum absolute atomic E-state index is 0.0576. The molecule has 0 bridgehead atoms. The van der Waals surface area contributed by atoms with Gasteiger partial charge in [0.15, 0.2) is 0 Å². The van der Waals surface area contributed by atoms with Crippen molar-refractivity contribution < 1.29 is 19.4 Å². The molecule has 0 aromatic carbocycles. The summed E-state index contributed by atoms with van der Waals surface area (Å²) >= 11 is 3.63. The summed E-state index contributed by atoms with van der Waals surface area (Å²) in [4.78, 5) is 30.7. The molecule has 3 heterocycles. The Morgan fingerprint density at radius 3 is 2.32 bits per heavy atom. The minimum atomic E-state index is -1.02. The lowest BCUT2D eigenvalue weighted by molar-refractivity contribution is 0.0497. The molecule has 1 fully saturated rings. The van der Waals surface area contributed by atoms with E-state index in [1.165, 1.54) is 4.57 Å². The molecule has 0 radical (unpaired) electrons. The number of rotatable bonds is 2. The average molecular weight is 495 g/mol. The number of pyridine rings is 1. The van der Waals surface area contributed by atoms with Crippen LogP contribution in [0.15, 0.2) is 16.7 Å². The highest BCUT2D eigenvalue weighted by atomic mass is 79.9. The van der Waals surface area contributed by atoms with E-state index in [4.69, 9.17) is 4.74 Å². The van der Waals surface area contributed by atoms with Crippen LogP contribution in [0.5, 0.6) is 0 Å². The molecule has 9 heteroatoms. The zero-order valence-corrected chi connectivity index (χ0v) is 20.5. The topological polar surface area (TPSA) is 96.7 Å². The van der Waals surface area contributed by atoms with Crippen LogP contribution in [-0.2, 0) is 10.2 Å². The van der Waals surface area contributed by atoms with Crippen molar-refractivity contribution in [2.24, 2.45) is 0 Å². The molecule has 1 aliphatic rings. The normalized spacial score (nSPS) is 15.9. The van der Waals surface area contributed by atoms with Crippen molar-refractivity contribution >= 4 is 44.8 Å². The van der Waals surface area contributed by atoms with Crippen LogP contribution in [0.1, 0.15) is 60.1 Å². The first-order chi connectivity index (χ1) is 14.3. The van der Waals surface area contributed by atoms with Gasteiger partial charge in [-0.05, 0) is 55.6 Å². The van der Waals surface area contributed by atoms with E-state index in [0.717, 1.165) is 41.6 Å². The van der Waals surface area contributed by atoms with Gasteiger partial charge in [0.25, 0.3) is 0 Å². The molecule has 8 nitrogen and oxygen atoms in total. The van der Waals surface area contributed by atoms with E-state index in [9.17, 15) is 14.7 Å². The van der Waals surface area contributed by atoms with Crippen LogP contribution in [0, 0.1) is 0 Å². The molecular formula is C22H31BrN4O4. The maximum atomic E-state index is 12.0. The second-order valence-corrected chi connectivity index (χ2v) is 10.8. The Balaban J connectivity index is 1.79. The van der Waals surface area contributed by atoms with Gasteiger partial charge in [-0.3, -0.25) is 0 Å². The van der Waals surface area contributed by atoms with Gasteiger partial charge in [-0.2, -0.15) is 0 Å². The summed E-state index contributed by atoms with van der Waals surface area (Å²) < 4.78 is 7.43. The highest BCUT2D eigenvalue weighted by Crippen LogP contribution is 2.39. The second kappa shape index (κ2) is 8.33. The predicted octanol–water partition coefficient (Wildman–Crippen LogP) is 5.12. The number of carbonyl (C=O) groups is 2. The second-order valence-electron chi connectivity index (χ2n) is 10.00. The van der Waals surface area contributed by atoms with Crippen LogP contribution in [0.2, 0.25) is 0 Å². The summed E-state index contributed by atoms with van der Waals surface area (Å²) in [6.45, 7) is 13.0. The number of fused-ring (bicyclic) bond motifs is 1. The average Bonchev–Trinajstić information content (AvgIpc) is 2.93. The number of piperidine rings is 1. The summed E-state index contributed by atoms with van der Waals surface area (Å²) in [5, 5.41) is 13.6. The molecule has 170 valence electrons. The number of aromatic nitrogens is 2. The van der Waals surface area contributed by atoms with Crippen molar-refractivity contribution in [3.8, 4) is 0 Å². The van der Waals surface area contributed by atoms with Gasteiger partial charge in [-0.1, -0.05) is 20.8 Å². The molecule has 2 aromatic heterocycles. The van der Waals surface area contributed by atoms with Gasteiger partial charge in [0.1, 0.15) is 11.4 Å². The lowest BCUT2D eigenvalue weighted by Crippen LogP contribution is -2.46. The van der Waals surface area contributed by atoms with Crippen molar-refractivity contribution in [2.75, 3.05) is 18.0 Å². The SMILES string of the molecule is CC(C)(C)OC(=O)NC1CCN(c2cc3c(Br)c(C(C)(C)C)n(C(=O)O)c3cn2)CC1. The summed E-state index contributed by atoms with van der Waals surface area (Å²) in [5.41, 5.74) is 0.390. The predicted molar refractivity (Wildman–Crippen MR) is 124 cm³/mol. The summed E-state index contributed by atoms with van der Waals surface area (Å²) in [6, 6.07) is 2.00. The van der Waals surface area contributed by atoms with E-state index in [1.807, 2.05) is 47.6 Å². The van der Waals surface area contributed by atoms with Crippen LogP contribution >= 0.6 is 15.9 Å². The lowest BCUT2D eigenvalue weighted by atomic mass is 9.92. The number of carbonyl (C=O) groups excluding carboxylic acids is 1. The van der Waals surface area contributed by atoms with E-state index in [-0.39, 0.29) is 17.6 Å². The van der Waals surface area contributed by atoms with E-state index in [2.05, 4.69) is 31.1 Å². The van der Waals surface area contributed by atoms with Crippen molar-refractivity contribution in [3.63, 3.8) is 0 Å². The highest BCUT2D eigenvalue weighted by Gasteiger charge is 2.30. The van der Waals surface area contributed by atoms with Crippen molar-refractivity contribution in [3.05, 3.63) is 22.4 Å². The molecule has 1 amide bonds. The van der Waals surface area contributed by atoms with Crippen LogP contribution in [0.4, 0.5) is 15.4 Å². The third-order valence-corrected chi connectivity index (χ3v) is 6.02. The summed E-state index contributed by atoms with van der Waals surface area (Å²) in [5.74, 6) is 0.798. The van der Waals surface area contributed by atoms with E-state index < -0.39 is 11.7 Å². The van der Waals surface area contributed by atoms with Crippen molar-refractivity contribution in [1.29, 1.82) is 0 Å². The summed E-state index contributed by atoms with van der Waals surface area (Å²) in [6.07, 6.45) is 1.78. The Labute approximate surface area is 191 Å². The molecule has 0 saturated carbocycles. The van der Waals surface area contributed by atoms with Gasteiger partial charge in [0.05, 0.1) is 11.7 Å². The molecule has 2 N–H and O–H groups in total.